The van der Waals surface area contributed by atoms with Crippen molar-refractivity contribution in [3.63, 3.8) is 0 Å². The summed E-state index contributed by atoms with van der Waals surface area (Å²) < 4.78 is 0.888. The molecular formula is C7H3BrN4S. The Morgan fingerprint density at radius 2 is 2.31 bits per heavy atom. The summed E-state index contributed by atoms with van der Waals surface area (Å²) >= 11 is 4.62. The lowest BCUT2D eigenvalue weighted by molar-refractivity contribution is 1.37. The van der Waals surface area contributed by atoms with Crippen molar-refractivity contribution >= 4 is 32.4 Å². The first-order valence-electron chi connectivity index (χ1n) is 3.14. The zero-order chi connectivity index (χ0) is 9.68. The Kier molecular flexibility index (Phi) is 3.44. The van der Waals surface area contributed by atoms with Crippen LogP contribution in [0, 0.1) is 22.7 Å². The van der Waals surface area contributed by atoms with Crippen molar-refractivity contribution in [2.24, 2.45) is 0 Å². The van der Waals surface area contributed by atoms with Crippen LogP contribution < -0.4 is 5.32 Å². The van der Waals surface area contributed by atoms with Crippen LogP contribution in [0.15, 0.2) is 21.8 Å². The van der Waals surface area contributed by atoms with Gasteiger partial charge in [-0.15, -0.1) is 0 Å². The number of aromatic nitrogens is 1. The fourth-order valence-corrected chi connectivity index (χ4v) is 1.62. The second-order valence-corrected chi connectivity index (χ2v) is 4.31. The van der Waals surface area contributed by atoms with Gasteiger partial charge in [-0.1, -0.05) is 11.3 Å². The highest BCUT2D eigenvalue weighted by Gasteiger charge is 1.97. The topological polar surface area (TPSA) is 72.5 Å². The van der Waals surface area contributed by atoms with Crippen molar-refractivity contribution in [2.45, 2.75) is 0 Å². The maximum absolute atomic E-state index is 8.40. The standard InChI is InChI=1S/C7H3BrN4S/c8-6-4-12-7(13-6)11-3-5(1-9)2-10/h3-4H,(H,11,12). The van der Waals surface area contributed by atoms with E-state index < -0.39 is 0 Å². The lowest BCUT2D eigenvalue weighted by Gasteiger charge is -1.90. The number of hydrogen-bond acceptors (Lipinski definition) is 5. The molecule has 1 rings (SSSR count). The summed E-state index contributed by atoms with van der Waals surface area (Å²) in [5.41, 5.74) is 0.0197. The molecule has 6 heteroatoms. The van der Waals surface area contributed by atoms with Gasteiger partial charge in [-0.3, -0.25) is 0 Å². The van der Waals surface area contributed by atoms with Crippen LogP contribution in [-0.4, -0.2) is 4.98 Å². The van der Waals surface area contributed by atoms with Gasteiger partial charge < -0.3 is 5.32 Å². The molecule has 1 heterocycles. The maximum Gasteiger partial charge on any atom is 0.187 e. The lowest BCUT2D eigenvalue weighted by atomic mass is 10.4. The fraction of sp³-hybridized carbons (Fsp3) is 0. The predicted octanol–water partition coefficient (Wildman–Crippen LogP) is 2.25. The number of thiazole rings is 1. The first-order valence-corrected chi connectivity index (χ1v) is 4.75. The molecule has 0 aliphatic rings. The zero-order valence-corrected chi connectivity index (χ0v) is 8.69. The molecule has 0 fully saturated rings. The van der Waals surface area contributed by atoms with Crippen LogP contribution in [-0.2, 0) is 0 Å². The van der Waals surface area contributed by atoms with Crippen molar-refractivity contribution in [1.82, 2.24) is 4.98 Å². The number of halogens is 1. The van der Waals surface area contributed by atoms with Gasteiger partial charge in [-0.25, -0.2) is 4.98 Å². The second-order valence-electron chi connectivity index (χ2n) is 1.90. The molecule has 0 aliphatic heterocycles. The Bertz CT molecular complexity index is 393. The third kappa shape index (κ3) is 2.86. The molecule has 4 nitrogen and oxygen atoms in total. The summed E-state index contributed by atoms with van der Waals surface area (Å²) in [6.07, 6.45) is 2.96. The van der Waals surface area contributed by atoms with Crippen LogP contribution in [0.5, 0.6) is 0 Å². The molecule has 0 unspecified atom stereocenters. The Morgan fingerprint density at radius 1 is 1.62 bits per heavy atom. The minimum Gasteiger partial charge on any atom is -0.336 e. The van der Waals surface area contributed by atoms with E-state index in [0.29, 0.717) is 5.13 Å². The molecule has 0 saturated heterocycles. The Balaban J connectivity index is 2.68. The van der Waals surface area contributed by atoms with Crippen molar-refractivity contribution in [2.75, 3.05) is 5.32 Å². The molecule has 0 aromatic carbocycles. The first-order chi connectivity index (χ1) is 6.26. The third-order valence-electron chi connectivity index (χ3n) is 1.06. The monoisotopic (exact) mass is 254 g/mol. The summed E-state index contributed by atoms with van der Waals surface area (Å²) in [7, 11) is 0. The van der Waals surface area contributed by atoms with E-state index >= 15 is 0 Å². The number of nitrogens with zero attached hydrogens (tertiary/aromatic N) is 3. The normalized spacial score (nSPS) is 8.23. The Morgan fingerprint density at radius 3 is 2.77 bits per heavy atom. The van der Waals surface area contributed by atoms with Gasteiger partial charge in [0.25, 0.3) is 0 Å². The predicted molar refractivity (Wildman–Crippen MR) is 52.7 cm³/mol. The van der Waals surface area contributed by atoms with Crippen LogP contribution in [0.25, 0.3) is 0 Å². The summed E-state index contributed by atoms with van der Waals surface area (Å²) in [5.74, 6) is 0. The van der Waals surface area contributed by atoms with E-state index in [2.05, 4.69) is 26.2 Å². The van der Waals surface area contributed by atoms with E-state index in [1.807, 2.05) is 0 Å². The highest BCUT2D eigenvalue weighted by molar-refractivity contribution is 9.11. The lowest BCUT2D eigenvalue weighted by Crippen LogP contribution is -1.87. The molecule has 1 aromatic heterocycles. The van der Waals surface area contributed by atoms with E-state index in [0.717, 1.165) is 3.79 Å². The zero-order valence-electron chi connectivity index (χ0n) is 6.28. The van der Waals surface area contributed by atoms with Crippen LogP contribution in [0.4, 0.5) is 5.13 Å². The summed E-state index contributed by atoms with van der Waals surface area (Å²) in [6.45, 7) is 0. The molecule has 64 valence electrons. The number of nitrogens with one attached hydrogen (secondary N) is 1. The minimum absolute atomic E-state index is 0.0197. The molecule has 13 heavy (non-hydrogen) atoms. The summed E-state index contributed by atoms with van der Waals surface area (Å²) in [4.78, 5) is 3.95. The largest absolute Gasteiger partial charge is 0.336 e. The summed E-state index contributed by atoms with van der Waals surface area (Å²) in [6, 6.07) is 3.46. The van der Waals surface area contributed by atoms with Gasteiger partial charge >= 0.3 is 0 Å². The smallest absolute Gasteiger partial charge is 0.187 e. The highest BCUT2D eigenvalue weighted by Crippen LogP contribution is 2.22. The van der Waals surface area contributed by atoms with Gasteiger partial charge in [0.05, 0.1) is 9.98 Å². The molecule has 0 radical (unpaired) electrons. The first kappa shape index (κ1) is 9.72. The van der Waals surface area contributed by atoms with Gasteiger partial charge in [0.1, 0.15) is 17.7 Å². The average molecular weight is 255 g/mol. The van der Waals surface area contributed by atoms with E-state index in [1.54, 1.807) is 18.3 Å². The van der Waals surface area contributed by atoms with Gasteiger partial charge in [0.15, 0.2) is 5.13 Å². The average Bonchev–Trinajstić information content (AvgIpc) is 2.53. The van der Waals surface area contributed by atoms with Crippen molar-refractivity contribution < 1.29 is 0 Å². The van der Waals surface area contributed by atoms with Gasteiger partial charge in [0.2, 0.25) is 0 Å². The number of anilines is 1. The van der Waals surface area contributed by atoms with Crippen LogP contribution in [0.1, 0.15) is 0 Å². The highest BCUT2D eigenvalue weighted by atomic mass is 79.9. The van der Waals surface area contributed by atoms with Crippen molar-refractivity contribution in [1.29, 1.82) is 10.5 Å². The number of allylic oxidation sites excluding steroid dienone is 1. The van der Waals surface area contributed by atoms with Crippen LogP contribution >= 0.6 is 27.3 Å². The third-order valence-corrected chi connectivity index (χ3v) is 2.47. The SMILES string of the molecule is N#CC(C#N)=CNc1ncc(Br)s1. The van der Waals surface area contributed by atoms with Crippen LogP contribution in [0.3, 0.4) is 0 Å². The molecule has 0 bridgehead atoms. The molecule has 1 aromatic rings. The molecule has 0 saturated carbocycles. The Hall–Kier alpha value is -1.37. The van der Waals surface area contributed by atoms with E-state index in [9.17, 15) is 0 Å². The summed E-state index contributed by atoms with van der Waals surface area (Å²) in [5, 5.41) is 20.2. The van der Waals surface area contributed by atoms with Crippen molar-refractivity contribution in [3.8, 4) is 12.1 Å². The fourth-order valence-electron chi connectivity index (χ4n) is 0.545. The molecule has 1 N–H and O–H groups in total. The number of rotatable bonds is 2. The molecule has 0 aliphatic carbocycles. The molecule has 0 amide bonds. The Labute approximate surface area is 87.3 Å². The molecule has 0 spiro atoms. The van der Waals surface area contributed by atoms with E-state index in [-0.39, 0.29) is 5.57 Å². The maximum atomic E-state index is 8.40. The second kappa shape index (κ2) is 4.61. The number of nitriles is 2. The van der Waals surface area contributed by atoms with Gasteiger partial charge in [0, 0.05) is 6.20 Å². The van der Waals surface area contributed by atoms with Gasteiger partial charge in [-0.2, -0.15) is 10.5 Å². The van der Waals surface area contributed by atoms with Gasteiger partial charge in [-0.05, 0) is 15.9 Å². The van der Waals surface area contributed by atoms with E-state index in [4.69, 9.17) is 10.5 Å². The minimum atomic E-state index is 0.0197. The number of hydrogen-bond donors (Lipinski definition) is 1. The quantitative estimate of drug-likeness (QED) is 0.822. The molecule has 0 atom stereocenters. The molecular weight excluding hydrogens is 252 g/mol. The van der Waals surface area contributed by atoms with E-state index in [1.165, 1.54) is 17.5 Å². The van der Waals surface area contributed by atoms with Crippen molar-refractivity contribution in [3.05, 3.63) is 21.8 Å². The van der Waals surface area contributed by atoms with Crippen LogP contribution in [0.2, 0.25) is 0 Å².